The van der Waals surface area contributed by atoms with Gasteiger partial charge in [0.25, 0.3) is 0 Å². The lowest BCUT2D eigenvalue weighted by Crippen LogP contribution is -2.21. The molecule has 0 spiro atoms. The number of rotatable bonds is 3. The molecule has 0 aliphatic carbocycles. The standard InChI is InChI=1S/C18H15NO4/c1-21-13-7-15(22-2)18-14(9-17(20)23-16(18)8-13)12-5-3-4-11(6-12)10-19/h3-8,14H,9H2,1-2H3. The molecule has 2 aromatic carbocycles. The third-order valence-electron chi connectivity index (χ3n) is 3.89. The Morgan fingerprint density at radius 2 is 2.04 bits per heavy atom. The molecule has 3 rings (SSSR count). The van der Waals surface area contributed by atoms with Crippen LogP contribution in [-0.4, -0.2) is 20.2 Å². The molecule has 1 atom stereocenters. The van der Waals surface area contributed by atoms with Crippen LogP contribution in [0.2, 0.25) is 0 Å². The third kappa shape index (κ3) is 2.71. The van der Waals surface area contributed by atoms with Crippen LogP contribution in [0, 0.1) is 11.3 Å². The molecule has 23 heavy (non-hydrogen) atoms. The summed E-state index contributed by atoms with van der Waals surface area (Å²) in [4.78, 5) is 12.0. The van der Waals surface area contributed by atoms with Crippen molar-refractivity contribution in [2.45, 2.75) is 12.3 Å². The van der Waals surface area contributed by atoms with Crippen molar-refractivity contribution in [3.05, 3.63) is 53.1 Å². The maximum absolute atomic E-state index is 12.0. The molecular formula is C18H15NO4. The van der Waals surface area contributed by atoms with Crippen LogP contribution in [-0.2, 0) is 4.79 Å². The first kappa shape index (κ1) is 14.9. The van der Waals surface area contributed by atoms with E-state index in [1.165, 1.54) is 0 Å². The predicted molar refractivity (Wildman–Crippen MR) is 82.8 cm³/mol. The lowest BCUT2D eigenvalue weighted by molar-refractivity contribution is -0.135. The first-order chi connectivity index (χ1) is 11.2. The minimum atomic E-state index is -0.319. The molecule has 0 saturated heterocycles. The summed E-state index contributed by atoms with van der Waals surface area (Å²) >= 11 is 0. The summed E-state index contributed by atoms with van der Waals surface area (Å²) in [7, 11) is 3.11. The van der Waals surface area contributed by atoms with Crippen LogP contribution in [0.4, 0.5) is 0 Å². The monoisotopic (exact) mass is 309 g/mol. The number of nitrogens with zero attached hydrogens (tertiary/aromatic N) is 1. The molecule has 0 fully saturated rings. The highest BCUT2D eigenvalue weighted by Crippen LogP contribution is 2.46. The number of esters is 1. The first-order valence-electron chi connectivity index (χ1n) is 7.13. The minimum Gasteiger partial charge on any atom is -0.496 e. The fourth-order valence-electron chi connectivity index (χ4n) is 2.83. The first-order valence-corrected chi connectivity index (χ1v) is 7.13. The number of hydrogen-bond donors (Lipinski definition) is 0. The number of benzene rings is 2. The second-order valence-corrected chi connectivity index (χ2v) is 5.21. The second-order valence-electron chi connectivity index (χ2n) is 5.21. The summed E-state index contributed by atoms with van der Waals surface area (Å²) < 4.78 is 16.0. The van der Waals surface area contributed by atoms with Gasteiger partial charge < -0.3 is 14.2 Å². The van der Waals surface area contributed by atoms with Gasteiger partial charge in [-0.05, 0) is 17.7 Å². The number of carbonyl (C=O) groups is 1. The number of hydrogen-bond acceptors (Lipinski definition) is 5. The van der Waals surface area contributed by atoms with Crippen molar-refractivity contribution in [2.75, 3.05) is 14.2 Å². The van der Waals surface area contributed by atoms with E-state index in [-0.39, 0.29) is 18.3 Å². The molecule has 116 valence electrons. The van der Waals surface area contributed by atoms with Crippen molar-refractivity contribution in [3.63, 3.8) is 0 Å². The van der Waals surface area contributed by atoms with Gasteiger partial charge in [0.1, 0.15) is 17.2 Å². The minimum absolute atomic E-state index is 0.199. The number of methoxy groups -OCH3 is 2. The van der Waals surface area contributed by atoms with Crippen molar-refractivity contribution in [2.24, 2.45) is 0 Å². The van der Waals surface area contributed by atoms with E-state index in [9.17, 15) is 4.79 Å². The van der Waals surface area contributed by atoms with Gasteiger partial charge in [-0.1, -0.05) is 12.1 Å². The average Bonchev–Trinajstić information content (AvgIpc) is 2.59. The second kappa shape index (κ2) is 6.01. The highest BCUT2D eigenvalue weighted by atomic mass is 16.5. The SMILES string of the molecule is COc1cc(OC)c2c(c1)OC(=O)CC2c1cccc(C#N)c1. The van der Waals surface area contributed by atoms with Crippen LogP contribution in [0.25, 0.3) is 0 Å². The Kier molecular flexibility index (Phi) is 3.90. The Bertz CT molecular complexity index is 807. The molecule has 0 bridgehead atoms. The zero-order chi connectivity index (χ0) is 16.4. The van der Waals surface area contributed by atoms with Gasteiger partial charge in [-0.15, -0.1) is 0 Å². The maximum Gasteiger partial charge on any atom is 0.312 e. The zero-order valence-corrected chi connectivity index (χ0v) is 12.8. The molecule has 0 aromatic heterocycles. The van der Waals surface area contributed by atoms with Gasteiger partial charge in [-0.25, -0.2) is 0 Å². The number of carbonyl (C=O) groups excluding carboxylic acids is 1. The summed E-state index contributed by atoms with van der Waals surface area (Å²) in [5.41, 5.74) is 2.23. The third-order valence-corrected chi connectivity index (χ3v) is 3.89. The molecule has 5 nitrogen and oxygen atoms in total. The van der Waals surface area contributed by atoms with E-state index in [0.29, 0.717) is 22.8 Å². The fourth-order valence-corrected chi connectivity index (χ4v) is 2.83. The van der Waals surface area contributed by atoms with Crippen LogP contribution < -0.4 is 14.2 Å². The van der Waals surface area contributed by atoms with E-state index in [4.69, 9.17) is 19.5 Å². The molecule has 0 saturated carbocycles. The van der Waals surface area contributed by atoms with Gasteiger partial charge in [0.05, 0.1) is 32.3 Å². The summed E-state index contributed by atoms with van der Waals surface area (Å²) in [6, 6.07) is 12.8. The Morgan fingerprint density at radius 3 is 2.74 bits per heavy atom. The van der Waals surface area contributed by atoms with Crippen molar-refractivity contribution in [1.29, 1.82) is 5.26 Å². The molecule has 2 aromatic rings. The van der Waals surface area contributed by atoms with Crippen LogP contribution in [0.15, 0.2) is 36.4 Å². The molecule has 5 heteroatoms. The van der Waals surface area contributed by atoms with Gasteiger partial charge in [0, 0.05) is 23.6 Å². The van der Waals surface area contributed by atoms with Gasteiger partial charge in [0.15, 0.2) is 0 Å². The van der Waals surface area contributed by atoms with E-state index in [0.717, 1.165) is 11.1 Å². The van der Waals surface area contributed by atoms with Crippen LogP contribution in [0.3, 0.4) is 0 Å². The molecule has 1 aliphatic rings. The van der Waals surface area contributed by atoms with E-state index in [2.05, 4.69) is 6.07 Å². The molecule has 1 heterocycles. The molecule has 0 radical (unpaired) electrons. The lowest BCUT2D eigenvalue weighted by Gasteiger charge is -2.27. The Labute approximate surface area is 134 Å². The Morgan fingerprint density at radius 1 is 1.22 bits per heavy atom. The van der Waals surface area contributed by atoms with E-state index < -0.39 is 0 Å². The zero-order valence-electron chi connectivity index (χ0n) is 12.8. The molecule has 0 amide bonds. The quantitative estimate of drug-likeness (QED) is 0.644. The van der Waals surface area contributed by atoms with Crippen LogP contribution in [0.5, 0.6) is 17.2 Å². The Balaban J connectivity index is 2.18. The number of ether oxygens (including phenoxy) is 3. The number of nitriles is 1. The Hall–Kier alpha value is -3.00. The average molecular weight is 309 g/mol. The van der Waals surface area contributed by atoms with E-state index in [1.807, 2.05) is 12.1 Å². The van der Waals surface area contributed by atoms with Gasteiger partial charge in [0.2, 0.25) is 0 Å². The molecule has 0 N–H and O–H groups in total. The largest absolute Gasteiger partial charge is 0.496 e. The summed E-state index contributed by atoms with van der Waals surface area (Å²) in [5, 5.41) is 9.09. The summed E-state index contributed by atoms with van der Waals surface area (Å²) in [6.07, 6.45) is 0.199. The van der Waals surface area contributed by atoms with Gasteiger partial charge >= 0.3 is 5.97 Å². The summed E-state index contributed by atoms with van der Waals surface area (Å²) in [6.45, 7) is 0. The fraction of sp³-hybridized carbons (Fsp3) is 0.222. The molecule has 1 unspecified atom stereocenters. The van der Waals surface area contributed by atoms with Gasteiger partial charge in [-0.3, -0.25) is 4.79 Å². The topological polar surface area (TPSA) is 68.6 Å². The van der Waals surface area contributed by atoms with Gasteiger partial charge in [-0.2, -0.15) is 5.26 Å². The van der Waals surface area contributed by atoms with Crippen LogP contribution in [0.1, 0.15) is 29.0 Å². The normalized spacial score (nSPS) is 16.0. The molecule has 1 aliphatic heterocycles. The van der Waals surface area contributed by atoms with Crippen molar-refractivity contribution >= 4 is 5.97 Å². The highest BCUT2D eigenvalue weighted by Gasteiger charge is 2.32. The summed E-state index contributed by atoms with van der Waals surface area (Å²) in [5.74, 6) is 1.05. The lowest BCUT2D eigenvalue weighted by atomic mass is 9.85. The smallest absolute Gasteiger partial charge is 0.312 e. The molecular weight excluding hydrogens is 294 g/mol. The van der Waals surface area contributed by atoms with E-state index in [1.54, 1.807) is 38.5 Å². The van der Waals surface area contributed by atoms with Crippen LogP contribution >= 0.6 is 0 Å². The van der Waals surface area contributed by atoms with E-state index >= 15 is 0 Å². The predicted octanol–water partition coefficient (Wildman–Crippen LogP) is 3.02. The maximum atomic E-state index is 12.0. The van der Waals surface area contributed by atoms with Crippen molar-refractivity contribution in [3.8, 4) is 23.3 Å². The van der Waals surface area contributed by atoms with Crippen molar-refractivity contribution in [1.82, 2.24) is 0 Å². The van der Waals surface area contributed by atoms with Crippen molar-refractivity contribution < 1.29 is 19.0 Å². The number of fused-ring (bicyclic) bond motifs is 1. The highest BCUT2D eigenvalue weighted by molar-refractivity contribution is 5.79.